The van der Waals surface area contributed by atoms with Gasteiger partial charge in [0, 0.05) is 17.0 Å². The van der Waals surface area contributed by atoms with Crippen LogP contribution in [-0.2, 0) is 9.53 Å². The van der Waals surface area contributed by atoms with Gasteiger partial charge in [0.25, 0.3) is 0 Å². The molecular weight excluding hydrogens is 401 g/mol. The van der Waals surface area contributed by atoms with Crippen molar-refractivity contribution in [3.05, 3.63) is 120 Å². The van der Waals surface area contributed by atoms with E-state index in [1.807, 2.05) is 81.4 Å². The lowest BCUT2D eigenvalue weighted by molar-refractivity contribution is -0.156. The fourth-order valence-electron chi connectivity index (χ4n) is 3.42. The van der Waals surface area contributed by atoms with Crippen LogP contribution in [0.1, 0.15) is 43.4 Å². The fraction of sp³-hybridized carbons (Fsp3) is 0.214. The van der Waals surface area contributed by atoms with Crippen molar-refractivity contribution in [2.75, 3.05) is 0 Å². The average Bonchev–Trinajstić information content (AvgIpc) is 2.77. The van der Waals surface area contributed by atoms with Gasteiger partial charge in [-0.3, -0.25) is 4.99 Å². The van der Waals surface area contributed by atoms with Crippen molar-refractivity contribution < 1.29 is 13.9 Å². The van der Waals surface area contributed by atoms with E-state index < -0.39 is 23.5 Å². The summed E-state index contributed by atoms with van der Waals surface area (Å²) in [6.07, 6.45) is 1.67. The van der Waals surface area contributed by atoms with Crippen molar-refractivity contribution in [2.45, 2.75) is 38.3 Å². The second kappa shape index (κ2) is 10.2. The van der Waals surface area contributed by atoms with Gasteiger partial charge in [-0.2, -0.15) is 0 Å². The van der Waals surface area contributed by atoms with E-state index in [4.69, 9.17) is 9.73 Å². The number of benzene rings is 3. The van der Waals surface area contributed by atoms with Gasteiger partial charge in [-0.15, -0.1) is 6.58 Å². The minimum atomic E-state index is -0.896. The normalized spacial score (nSPS) is 13.0. The molecule has 0 bridgehead atoms. The first-order chi connectivity index (χ1) is 15.3. The maximum atomic E-state index is 13.5. The molecule has 2 atom stereocenters. The Morgan fingerprint density at radius 3 is 1.84 bits per heavy atom. The number of nitrogens with zero attached hydrogens (tertiary/aromatic N) is 1. The number of carbonyl (C=O) groups excluding carboxylic acids is 1. The Bertz CT molecular complexity index is 1030. The number of hydrogen-bond acceptors (Lipinski definition) is 3. The lowest BCUT2D eigenvalue weighted by Crippen LogP contribution is -2.35. The van der Waals surface area contributed by atoms with Crippen molar-refractivity contribution in [2.24, 2.45) is 4.99 Å². The van der Waals surface area contributed by atoms with Gasteiger partial charge in [-0.25, -0.2) is 9.18 Å². The number of ether oxygens (including phenoxy) is 1. The summed E-state index contributed by atoms with van der Waals surface area (Å²) in [5.41, 5.74) is 2.50. The third-order valence-electron chi connectivity index (χ3n) is 4.86. The van der Waals surface area contributed by atoms with E-state index in [-0.39, 0.29) is 5.82 Å². The molecule has 0 aliphatic heterocycles. The first-order valence-electron chi connectivity index (χ1n) is 10.6. The minimum absolute atomic E-state index is 0.344. The average molecular weight is 430 g/mol. The molecule has 4 heteroatoms. The molecule has 0 radical (unpaired) electrons. The SMILES string of the molecule is C=C[C@@H](c1ccc(F)cc1)[C@@H](N=C(c1ccccc1)c1ccccc1)C(=O)OC(C)(C)C. The Kier molecular flexibility index (Phi) is 7.37. The summed E-state index contributed by atoms with van der Waals surface area (Å²) in [7, 11) is 0. The molecule has 3 rings (SSSR count). The third kappa shape index (κ3) is 6.01. The molecule has 0 amide bonds. The maximum absolute atomic E-state index is 13.5. The highest BCUT2D eigenvalue weighted by atomic mass is 19.1. The monoisotopic (exact) mass is 429 g/mol. The van der Waals surface area contributed by atoms with E-state index in [1.165, 1.54) is 12.1 Å². The van der Waals surface area contributed by atoms with Crippen LogP contribution < -0.4 is 0 Å². The quantitative estimate of drug-likeness (QED) is 0.250. The lowest BCUT2D eigenvalue weighted by atomic mass is 9.90. The predicted molar refractivity (Wildman–Crippen MR) is 127 cm³/mol. The van der Waals surface area contributed by atoms with Crippen molar-refractivity contribution in [3.8, 4) is 0 Å². The molecule has 0 aromatic heterocycles. The van der Waals surface area contributed by atoms with E-state index in [9.17, 15) is 9.18 Å². The van der Waals surface area contributed by atoms with Gasteiger partial charge in [0.2, 0.25) is 0 Å². The van der Waals surface area contributed by atoms with Gasteiger partial charge in [0.1, 0.15) is 11.4 Å². The number of carbonyl (C=O) groups is 1. The number of halogens is 1. The number of esters is 1. The van der Waals surface area contributed by atoms with Gasteiger partial charge in [-0.1, -0.05) is 78.9 Å². The largest absolute Gasteiger partial charge is 0.458 e. The van der Waals surface area contributed by atoms with Crippen molar-refractivity contribution in [1.82, 2.24) is 0 Å². The molecule has 3 aromatic carbocycles. The number of rotatable bonds is 7. The molecule has 0 aliphatic carbocycles. The molecule has 164 valence electrons. The zero-order valence-electron chi connectivity index (χ0n) is 18.7. The standard InChI is InChI=1S/C28H28FNO2/c1-5-24(20-16-18-23(29)19-17-20)26(27(31)32-28(2,3)4)30-25(21-12-8-6-9-13-21)22-14-10-7-11-15-22/h5-19,24,26H,1H2,2-4H3/t24-,26+/m0/s1. The van der Waals surface area contributed by atoms with Gasteiger partial charge >= 0.3 is 5.97 Å². The molecule has 3 nitrogen and oxygen atoms in total. The second-order valence-corrected chi connectivity index (χ2v) is 8.50. The van der Waals surface area contributed by atoms with Crippen LogP contribution in [0.15, 0.2) is 103 Å². The van der Waals surface area contributed by atoms with Crippen molar-refractivity contribution in [1.29, 1.82) is 0 Å². The molecule has 0 saturated carbocycles. The molecule has 0 N–H and O–H groups in total. The second-order valence-electron chi connectivity index (χ2n) is 8.50. The minimum Gasteiger partial charge on any atom is -0.458 e. The molecule has 32 heavy (non-hydrogen) atoms. The van der Waals surface area contributed by atoms with Crippen LogP contribution in [0.3, 0.4) is 0 Å². The molecule has 0 heterocycles. The molecular formula is C28H28FNO2. The maximum Gasteiger partial charge on any atom is 0.332 e. The summed E-state index contributed by atoms with van der Waals surface area (Å²) in [5, 5.41) is 0. The predicted octanol–water partition coefficient (Wildman–Crippen LogP) is 6.34. The summed E-state index contributed by atoms with van der Waals surface area (Å²) >= 11 is 0. The van der Waals surface area contributed by atoms with Gasteiger partial charge < -0.3 is 4.74 Å². The van der Waals surface area contributed by atoms with E-state index >= 15 is 0 Å². The number of aliphatic imine (C=N–C) groups is 1. The Balaban J connectivity index is 2.17. The zero-order valence-corrected chi connectivity index (χ0v) is 18.7. The zero-order chi connectivity index (χ0) is 23.1. The topological polar surface area (TPSA) is 38.7 Å². The Morgan fingerprint density at radius 1 is 0.906 bits per heavy atom. The summed E-state index contributed by atoms with van der Waals surface area (Å²) < 4.78 is 19.3. The molecule has 0 aliphatic rings. The number of hydrogen-bond donors (Lipinski definition) is 0. The van der Waals surface area contributed by atoms with Crippen LogP contribution >= 0.6 is 0 Å². The van der Waals surface area contributed by atoms with Crippen molar-refractivity contribution >= 4 is 11.7 Å². The lowest BCUT2D eigenvalue weighted by Gasteiger charge is -2.26. The molecule has 0 fully saturated rings. The van der Waals surface area contributed by atoms with E-state index in [2.05, 4.69) is 6.58 Å². The van der Waals surface area contributed by atoms with Crippen LogP contribution in [0.25, 0.3) is 0 Å². The Labute approximate surface area is 189 Å². The van der Waals surface area contributed by atoms with E-state index in [0.29, 0.717) is 5.71 Å². The van der Waals surface area contributed by atoms with Gasteiger partial charge in [0.15, 0.2) is 6.04 Å². The molecule has 0 saturated heterocycles. The van der Waals surface area contributed by atoms with Crippen LogP contribution in [-0.4, -0.2) is 23.3 Å². The smallest absolute Gasteiger partial charge is 0.332 e. The highest BCUT2D eigenvalue weighted by Gasteiger charge is 2.32. The summed E-state index contributed by atoms with van der Waals surface area (Å²) in [5.74, 6) is -1.30. The Morgan fingerprint density at radius 2 is 1.41 bits per heavy atom. The van der Waals surface area contributed by atoms with E-state index in [0.717, 1.165) is 16.7 Å². The summed E-state index contributed by atoms with van der Waals surface area (Å²) in [6, 6.07) is 24.6. The van der Waals surface area contributed by atoms with Crippen LogP contribution in [0.4, 0.5) is 4.39 Å². The van der Waals surface area contributed by atoms with Crippen molar-refractivity contribution in [3.63, 3.8) is 0 Å². The summed E-state index contributed by atoms with van der Waals surface area (Å²) in [6.45, 7) is 9.41. The van der Waals surface area contributed by atoms with Gasteiger partial charge in [0.05, 0.1) is 5.71 Å². The third-order valence-corrected chi connectivity index (χ3v) is 4.86. The van der Waals surface area contributed by atoms with E-state index in [1.54, 1.807) is 18.2 Å². The van der Waals surface area contributed by atoms with Crippen LogP contribution in [0.2, 0.25) is 0 Å². The van der Waals surface area contributed by atoms with Crippen LogP contribution in [0.5, 0.6) is 0 Å². The summed E-state index contributed by atoms with van der Waals surface area (Å²) in [4.78, 5) is 18.3. The van der Waals surface area contributed by atoms with Gasteiger partial charge in [-0.05, 0) is 38.5 Å². The highest BCUT2D eigenvalue weighted by Crippen LogP contribution is 2.28. The molecule has 0 spiro atoms. The van der Waals surface area contributed by atoms with Crippen LogP contribution in [0, 0.1) is 5.82 Å². The highest BCUT2D eigenvalue weighted by molar-refractivity contribution is 6.13. The molecule has 0 unspecified atom stereocenters. The molecule has 3 aromatic rings. The Hall–Kier alpha value is -3.53. The fourth-order valence-corrected chi connectivity index (χ4v) is 3.42. The first-order valence-corrected chi connectivity index (χ1v) is 10.6. The first kappa shape index (κ1) is 23.1.